The lowest BCUT2D eigenvalue weighted by Gasteiger charge is -2.34. The summed E-state index contributed by atoms with van der Waals surface area (Å²) in [7, 11) is 0. The Balaban J connectivity index is 1.22. The van der Waals surface area contributed by atoms with Gasteiger partial charge in [-0.25, -0.2) is 4.98 Å². The molecule has 0 aliphatic carbocycles. The minimum atomic E-state index is -4.60. The van der Waals surface area contributed by atoms with Crippen LogP contribution in [0.25, 0.3) is 17.0 Å². The van der Waals surface area contributed by atoms with Crippen molar-refractivity contribution in [3.05, 3.63) is 65.9 Å². The number of benzene rings is 2. The molecule has 2 aliphatic rings. The fraction of sp³-hybridized carbons (Fsp3) is 0.250. The first-order valence-corrected chi connectivity index (χ1v) is 11.2. The van der Waals surface area contributed by atoms with Crippen LogP contribution in [0.5, 0.6) is 11.5 Å². The molecule has 0 atom stereocenters. The number of anilines is 1. The van der Waals surface area contributed by atoms with Gasteiger partial charge in [-0.05, 0) is 36.4 Å². The van der Waals surface area contributed by atoms with E-state index in [-0.39, 0.29) is 25.4 Å². The fourth-order valence-corrected chi connectivity index (χ4v) is 4.39. The van der Waals surface area contributed by atoms with E-state index in [1.807, 2.05) is 29.2 Å². The van der Waals surface area contributed by atoms with Crippen LogP contribution in [0.15, 0.2) is 54.7 Å². The maximum atomic E-state index is 13.4. The second kappa shape index (κ2) is 8.40. The Kier molecular flexibility index (Phi) is 5.16. The molecule has 12 heteroatoms. The SMILES string of the molecule is O=C(c1ccccc1C(F)(F)F)N1CCN(c2nc3nccc(-c4ccc5c(c4)OCO5)n3n2)CC1. The molecule has 6 rings (SSSR count). The van der Waals surface area contributed by atoms with E-state index in [9.17, 15) is 18.0 Å². The van der Waals surface area contributed by atoms with E-state index in [2.05, 4.69) is 15.1 Å². The van der Waals surface area contributed by atoms with Crippen LogP contribution < -0.4 is 14.4 Å². The first-order chi connectivity index (χ1) is 17.4. The molecule has 2 aromatic carbocycles. The highest BCUT2D eigenvalue weighted by Gasteiger charge is 2.36. The van der Waals surface area contributed by atoms with Gasteiger partial charge >= 0.3 is 6.18 Å². The lowest BCUT2D eigenvalue weighted by Crippen LogP contribution is -2.49. The summed E-state index contributed by atoms with van der Waals surface area (Å²) in [6.45, 7) is 1.40. The minimum absolute atomic E-state index is 0.175. The molecular weight excluding hydrogens is 477 g/mol. The molecule has 0 radical (unpaired) electrons. The Morgan fingerprint density at radius 3 is 2.53 bits per heavy atom. The van der Waals surface area contributed by atoms with Crippen LogP contribution in [0, 0.1) is 0 Å². The Morgan fingerprint density at radius 1 is 0.944 bits per heavy atom. The van der Waals surface area contributed by atoms with E-state index < -0.39 is 17.6 Å². The van der Waals surface area contributed by atoms with Crippen molar-refractivity contribution in [2.75, 3.05) is 37.9 Å². The van der Waals surface area contributed by atoms with Gasteiger partial charge in [-0.1, -0.05) is 12.1 Å². The molecular formula is C24H19F3N6O3. The number of alkyl halides is 3. The van der Waals surface area contributed by atoms with Crippen molar-refractivity contribution in [3.63, 3.8) is 0 Å². The van der Waals surface area contributed by atoms with Gasteiger partial charge in [-0.3, -0.25) is 4.79 Å². The number of hydrogen-bond acceptors (Lipinski definition) is 7. The summed E-state index contributed by atoms with van der Waals surface area (Å²) in [5.74, 6) is 1.51. The van der Waals surface area contributed by atoms with E-state index in [1.54, 1.807) is 10.7 Å². The standard InChI is InChI=1S/C24H19F3N6O3/c25-24(26,27)17-4-2-1-3-16(17)21(34)31-9-11-32(12-10-31)23-29-22-28-8-7-18(33(22)30-23)15-5-6-19-20(13-15)36-14-35-19/h1-8,13H,9-12,14H2. The summed E-state index contributed by atoms with van der Waals surface area (Å²) in [4.78, 5) is 25.0. The van der Waals surface area contributed by atoms with Crippen molar-refractivity contribution in [2.24, 2.45) is 0 Å². The molecule has 0 spiro atoms. The second-order valence-corrected chi connectivity index (χ2v) is 8.34. The number of rotatable bonds is 3. The summed E-state index contributed by atoms with van der Waals surface area (Å²) >= 11 is 0. The molecule has 36 heavy (non-hydrogen) atoms. The highest BCUT2D eigenvalue weighted by molar-refractivity contribution is 5.96. The number of carbonyl (C=O) groups excluding carboxylic acids is 1. The molecule has 9 nitrogen and oxygen atoms in total. The largest absolute Gasteiger partial charge is 0.454 e. The molecule has 1 fully saturated rings. The molecule has 0 N–H and O–H groups in total. The van der Waals surface area contributed by atoms with Crippen molar-refractivity contribution in [1.29, 1.82) is 0 Å². The van der Waals surface area contributed by atoms with Crippen LogP contribution in [-0.2, 0) is 6.18 Å². The van der Waals surface area contributed by atoms with Gasteiger partial charge in [0.15, 0.2) is 11.5 Å². The highest BCUT2D eigenvalue weighted by Crippen LogP contribution is 2.36. The number of piperazine rings is 1. The Labute approximate surface area is 202 Å². The second-order valence-electron chi connectivity index (χ2n) is 8.34. The summed E-state index contributed by atoms with van der Waals surface area (Å²) in [6, 6.07) is 12.3. The Bertz CT molecular complexity index is 1460. The minimum Gasteiger partial charge on any atom is -0.454 e. The van der Waals surface area contributed by atoms with Gasteiger partial charge in [0.1, 0.15) is 0 Å². The maximum absolute atomic E-state index is 13.4. The van der Waals surface area contributed by atoms with Crippen LogP contribution in [0.3, 0.4) is 0 Å². The zero-order valence-corrected chi connectivity index (χ0v) is 18.8. The third kappa shape index (κ3) is 3.84. The van der Waals surface area contributed by atoms with Crippen molar-refractivity contribution in [3.8, 4) is 22.8 Å². The van der Waals surface area contributed by atoms with Gasteiger partial charge in [0.2, 0.25) is 12.7 Å². The van der Waals surface area contributed by atoms with Crippen LogP contribution in [0.2, 0.25) is 0 Å². The molecule has 2 aromatic heterocycles. The molecule has 1 amide bonds. The van der Waals surface area contributed by atoms with Crippen molar-refractivity contribution >= 4 is 17.6 Å². The number of hydrogen-bond donors (Lipinski definition) is 0. The molecule has 4 heterocycles. The van der Waals surface area contributed by atoms with Gasteiger partial charge < -0.3 is 19.3 Å². The number of nitrogens with zero attached hydrogens (tertiary/aromatic N) is 6. The van der Waals surface area contributed by atoms with E-state index in [4.69, 9.17) is 9.47 Å². The summed E-state index contributed by atoms with van der Waals surface area (Å²) in [5.41, 5.74) is 0.333. The molecule has 0 bridgehead atoms. The smallest absolute Gasteiger partial charge is 0.417 e. The van der Waals surface area contributed by atoms with Crippen LogP contribution in [0.4, 0.5) is 19.1 Å². The van der Waals surface area contributed by atoms with Crippen LogP contribution >= 0.6 is 0 Å². The lowest BCUT2D eigenvalue weighted by molar-refractivity contribution is -0.138. The molecule has 4 aromatic rings. The number of halogens is 3. The summed E-state index contributed by atoms with van der Waals surface area (Å²) in [6.07, 6.45) is -2.96. The zero-order valence-electron chi connectivity index (χ0n) is 18.8. The van der Waals surface area contributed by atoms with Gasteiger partial charge in [-0.15, -0.1) is 5.10 Å². The quantitative estimate of drug-likeness (QED) is 0.429. The summed E-state index contributed by atoms with van der Waals surface area (Å²) < 4.78 is 52.6. The third-order valence-corrected chi connectivity index (χ3v) is 6.21. The molecule has 184 valence electrons. The third-order valence-electron chi connectivity index (χ3n) is 6.21. The van der Waals surface area contributed by atoms with Gasteiger partial charge in [0, 0.05) is 37.9 Å². The number of aromatic nitrogens is 4. The number of amides is 1. The number of carbonyl (C=O) groups is 1. The Morgan fingerprint density at radius 2 is 1.72 bits per heavy atom. The lowest BCUT2D eigenvalue weighted by atomic mass is 10.1. The molecule has 1 saturated heterocycles. The monoisotopic (exact) mass is 496 g/mol. The molecule has 0 unspecified atom stereocenters. The van der Waals surface area contributed by atoms with E-state index in [0.717, 1.165) is 17.3 Å². The fourth-order valence-electron chi connectivity index (χ4n) is 4.39. The predicted molar refractivity (Wildman–Crippen MR) is 122 cm³/mol. The number of fused-ring (bicyclic) bond motifs is 2. The number of ether oxygens (including phenoxy) is 2. The van der Waals surface area contributed by atoms with Crippen LogP contribution in [0.1, 0.15) is 15.9 Å². The maximum Gasteiger partial charge on any atom is 0.417 e. The summed E-state index contributed by atoms with van der Waals surface area (Å²) in [5, 5.41) is 4.63. The van der Waals surface area contributed by atoms with Gasteiger partial charge in [0.05, 0.1) is 16.8 Å². The average molecular weight is 496 g/mol. The van der Waals surface area contributed by atoms with Crippen molar-refractivity contribution in [2.45, 2.75) is 6.18 Å². The predicted octanol–water partition coefficient (Wildman–Crippen LogP) is 3.50. The first-order valence-electron chi connectivity index (χ1n) is 11.2. The van der Waals surface area contributed by atoms with Gasteiger partial charge in [-0.2, -0.15) is 22.7 Å². The highest BCUT2D eigenvalue weighted by atomic mass is 19.4. The average Bonchev–Trinajstić information content (AvgIpc) is 3.54. The Hall–Kier alpha value is -4.35. The van der Waals surface area contributed by atoms with Crippen LogP contribution in [-0.4, -0.2) is 63.4 Å². The normalized spacial score (nSPS) is 15.5. The van der Waals surface area contributed by atoms with E-state index >= 15 is 0 Å². The van der Waals surface area contributed by atoms with E-state index in [0.29, 0.717) is 36.3 Å². The van der Waals surface area contributed by atoms with E-state index in [1.165, 1.54) is 23.1 Å². The van der Waals surface area contributed by atoms with Crippen molar-refractivity contribution in [1.82, 2.24) is 24.5 Å². The van der Waals surface area contributed by atoms with Crippen molar-refractivity contribution < 1.29 is 27.4 Å². The topological polar surface area (TPSA) is 85.1 Å². The van der Waals surface area contributed by atoms with Gasteiger partial charge in [0.25, 0.3) is 11.7 Å². The zero-order chi connectivity index (χ0) is 24.9. The molecule has 2 aliphatic heterocycles. The molecule has 0 saturated carbocycles. The first kappa shape index (κ1) is 22.1.